The van der Waals surface area contributed by atoms with Gasteiger partial charge in [-0.1, -0.05) is 49.3 Å². The molecule has 0 spiro atoms. The van der Waals surface area contributed by atoms with Crippen LogP contribution in [0, 0.1) is 5.92 Å². The molecule has 5 heterocycles. The number of methoxy groups -OCH3 is 1. The fourth-order valence-electron chi connectivity index (χ4n) is 12.4. The zero-order valence-corrected chi connectivity index (χ0v) is 50.1. The number of anilines is 1. The van der Waals surface area contributed by atoms with Gasteiger partial charge in [0.1, 0.15) is 46.3 Å². The van der Waals surface area contributed by atoms with Gasteiger partial charge >= 0.3 is 0 Å². The Morgan fingerprint density at radius 2 is 1.38 bits per heavy atom. The van der Waals surface area contributed by atoms with Crippen molar-refractivity contribution in [2.45, 2.75) is 144 Å². The van der Waals surface area contributed by atoms with E-state index in [-0.39, 0.29) is 42.1 Å². The average molecular weight is 1240 g/mol. The third kappa shape index (κ3) is 15.0. The number of benzene rings is 3. The van der Waals surface area contributed by atoms with Crippen molar-refractivity contribution in [3.05, 3.63) is 77.9 Å². The van der Waals surface area contributed by atoms with Crippen molar-refractivity contribution in [1.29, 1.82) is 0 Å². The van der Waals surface area contributed by atoms with Gasteiger partial charge in [-0.3, -0.25) is 38.5 Å². The standard InChI is InChI=1S/C60H80N12O15S/c1-31-29-72-50(51(31)79)56(84)62-28-39(74)26-41(63-52(80)34-9-11-35(12-10-34)57-67-68-58(88-57)36-13-15-38(16-14-36)70-22-20-69(21-23-70)37-6-4-5-7-37)53(81)64-47(32(2)73)59(85)71-30-40(75)27-42(71)54(82)65-48(55(83)66-49(60(72)86)44(77)18-19-61)45(78)24-33-8-17-43(76)46(25-33)87-3/h8-17,25,31-32,37,39-42,44-45,47-51,73-79H,4-7,18-24,26-30,61H2,1-3H3,(H,62,84)(H,63,80)(H,64,81)(H,65,82)(H,66,83)/t31-,32+,39+,40+,41?,42-,44+,45+,47-,48-,49-,50-,51-/m0/s1. The highest BCUT2D eigenvalue weighted by Gasteiger charge is 2.50. The first-order valence-corrected chi connectivity index (χ1v) is 30.7. The van der Waals surface area contributed by atoms with Crippen LogP contribution in [-0.4, -0.2) is 240 Å². The molecule has 476 valence electrons. The number of aliphatic hydroxyl groups is 6. The lowest BCUT2D eigenvalue weighted by molar-refractivity contribution is -0.147. The topological polar surface area (TPSA) is 395 Å². The number of carbonyl (C=O) groups is 7. The summed E-state index contributed by atoms with van der Waals surface area (Å²) in [5, 5.41) is 101. The van der Waals surface area contributed by atoms with Gasteiger partial charge in [-0.05, 0) is 86.8 Å². The predicted molar refractivity (Wildman–Crippen MR) is 320 cm³/mol. The number of rotatable bonds is 14. The molecule has 0 bridgehead atoms. The lowest BCUT2D eigenvalue weighted by Gasteiger charge is -2.39. The van der Waals surface area contributed by atoms with Gasteiger partial charge in [0.25, 0.3) is 5.91 Å². The Morgan fingerprint density at radius 3 is 2.01 bits per heavy atom. The second kappa shape index (κ2) is 28.8. The highest BCUT2D eigenvalue weighted by Crippen LogP contribution is 2.33. The number of piperazine rings is 1. The maximum atomic E-state index is 14.7. The van der Waals surface area contributed by atoms with E-state index in [2.05, 4.69) is 58.7 Å². The summed E-state index contributed by atoms with van der Waals surface area (Å²) in [6.45, 7) is 5.07. The number of phenolic OH excluding ortho intramolecular Hbond substituents is 1. The Labute approximate surface area is 512 Å². The molecule has 28 heteroatoms. The highest BCUT2D eigenvalue weighted by atomic mass is 32.1. The molecule has 4 saturated heterocycles. The van der Waals surface area contributed by atoms with Crippen LogP contribution in [0.15, 0.2) is 66.7 Å². The van der Waals surface area contributed by atoms with Gasteiger partial charge < -0.3 is 87.5 Å². The molecule has 88 heavy (non-hydrogen) atoms. The molecule has 7 amide bonds. The Bertz CT molecular complexity index is 3130. The third-order valence-corrected chi connectivity index (χ3v) is 18.4. The first-order chi connectivity index (χ1) is 42.1. The van der Waals surface area contributed by atoms with E-state index in [1.165, 1.54) is 74.5 Å². The maximum absolute atomic E-state index is 14.7. The summed E-state index contributed by atoms with van der Waals surface area (Å²) < 4.78 is 5.20. The maximum Gasteiger partial charge on any atom is 0.251 e. The Morgan fingerprint density at radius 1 is 0.750 bits per heavy atom. The van der Waals surface area contributed by atoms with E-state index in [1.54, 1.807) is 19.1 Å². The molecule has 1 unspecified atom stereocenters. The van der Waals surface area contributed by atoms with Gasteiger partial charge in [-0.15, -0.1) is 10.2 Å². The smallest absolute Gasteiger partial charge is 0.251 e. The van der Waals surface area contributed by atoms with E-state index >= 15 is 0 Å². The quantitative estimate of drug-likeness (QED) is 0.0646. The number of aromatic hydroxyl groups is 1. The van der Waals surface area contributed by atoms with Gasteiger partial charge in [0.2, 0.25) is 35.4 Å². The number of nitrogens with two attached hydrogens (primary N) is 1. The van der Waals surface area contributed by atoms with Crippen molar-refractivity contribution in [3.63, 3.8) is 0 Å². The van der Waals surface area contributed by atoms with Crippen molar-refractivity contribution in [2.24, 2.45) is 11.7 Å². The van der Waals surface area contributed by atoms with Crippen LogP contribution in [0.2, 0.25) is 0 Å². The highest BCUT2D eigenvalue weighted by molar-refractivity contribution is 7.17. The van der Waals surface area contributed by atoms with Crippen molar-refractivity contribution in [3.8, 4) is 32.6 Å². The Balaban J connectivity index is 0.959. The van der Waals surface area contributed by atoms with Crippen LogP contribution in [0.4, 0.5) is 5.69 Å². The summed E-state index contributed by atoms with van der Waals surface area (Å²) in [7, 11) is 1.28. The van der Waals surface area contributed by atoms with E-state index in [0.717, 1.165) is 54.2 Å². The number of nitrogens with zero attached hydrogens (tertiary/aromatic N) is 6. The molecular formula is C60H80N12O15S. The fourth-order valence-corrected chi connectivity index (χ4v) is 13.2. The Hall–Kier alpha value is -7.41. The van der Waals surface area contributed by atoms with Gasteiger partial charge in [0, 0.05) is 99.4 Å². The molecule has 1 aliphatic carbocycles. The summed E-state index contributed by atoms with van der Waals surface area (Å²) in [6, 6.07) is 8.36. The lowest BCUT2D eigenvalue weighted by Crippen LogP contribution is -2.64. The first-order valence-electron chi connectivity index (χ1n) is 29.9. The number of β-amino-alcohol motifs (C(OH)–C–C–N with tert-alkyl or cyclic N) is 1. The van der Waals surface area contributed by atoms with Gasteiger partial charge in [0.15, 0.2) is 11.5 Å². The minimum absolute atomic E-state index is 0.00122. The van der Waals surface area contributed by atoms with E-state index in [1.807, 2.05) is 12.1 Å². The third-order valence-electron chi connectivity index (χ3n) is 17.3. The molecule has 4 aliphatic heterocycles. The number of amides is 7. The molecule has 1 aromatic heterocycles. The largest absolute Gasteiger partial charge is 0.504 e. The summed E-state index contributed by atoms with van der Waals surface area (Å²) in [6.07, 6.45) is -6.50. The molecule has 9 rings (SSSR count). The van der Waals surface area contributed by atoms with Crippen LogP contribution in [0.5, 0.6) is 11.5 Å². The monoisotopic (exact) mass is 1240 g/mol. The van der Waals surface area contributed by atoms with Crippen LogP contribution < -0.4 is 42.0 Å². The van der Waals surface area contributed by atoms with Gasteiger partial charge in [-0.2, -0.15) is 0 Å². The zero-order valence-electron chi connectivity index (χ0n) is 49.3. The number of fused-ring (bicyclic) bond motifs is 2. The van der Waals surface area contributed by atoms with E-state index in [9.17, 15) is 69.3 Å². The summed E-state index contributed by atoms with van der Waals surface area (Å²) in [5.74, 6) is -8.49. The molecule has 5 aliphatic rings. The predicted octanol–water partition coefficient (Wildman–Crippen LogP) is -2.05. The minimum atomic E-state index is -2.02. The molecule has 14 N–H and O–H groups in total. The number of aliphatic hydroxyl groups excluding tert-OH is 6. The van der Waals surface area contributed by atoms with Gasteiger partial charge in [-0.25, -0.2) is 0 Å². The van der Waals surface area contributed by atoms with Crippen LogP contribution >= 0.6 is 11.3 Å². The number of nitrogens with one attached hydrogen (secondary N) is 5. The summed E-state index contributed by atoms with van der Waals surface area (Å²) in [4.78, 5) is 108. The van der Waals surface area contributed by atoms with Crippen LogP contribution in [0.25, 0.3) is 21.1 Å². The molecule has 3 aromatic carbocycles. The molecule has 0 radical (unpaired) electrons. The lowest BCUT2D eigenvalue weighted by atomic mass is 9.98. The zero-order chi connectivity index (χ0) is 63.1. The number of carbonyl (C=O) groups excluding carboxylic acids is 7. The molecule has 13 atom stereocenters. The van der Waals surface area contributed by atoms with Crippen molar-refractivity contribution in [1.82, 2.24) is 51.5 Å². The van der Waals surface area contributed by atoms with Crippen LogP contribution in [0.3, 0.4) is 0 Å². The molecule has 5 fully saturated rings. The van der Waals surface area contributed by atoms with Crippen LogP contribution in [-0.2, 0) is 35.2 Å². The van der Waals surface area contributed by atoms with Crippen LogP contribution in [0.1, 0.15) is 74.7 Å². The van der Waals surface area contributed by atoms with E-state index in [0.29, 0.717) is 21.6 Å². The summed E-state index contributed by atoms with van der Waals surface area (Å²) in [5.41, 5.74) is 8.79. The molecule has 27 nitrogen and oxygen atoms in total. The number of hydrogen-bond acceptors (Lipinski definition) is 21. The van der Waals surface area contributed by atoms with Gasteiger partial charge in [0.05, 0.1) is 43.7 Å². The SMILES string of the molecule is COc1cc(C[C@@H](O)[C@@H]2NC(=O)[C@@H]3C[C@@H](O)CN3C(=O)[C@H]([C@@H](C)O)NC(=O)C(NC(=O)c3ccc(-c4nnc(-c5ccc(N6CCN(C7CCCC7)CC6)cc5)s4)cc3)C[C@@H](O)CNC(=O)[C@@H]3[C@@H](O)[C@@H](C)CN3C(=O)[C@H]([C@H](O)CCN)NC2=O)ccc1O. The second-order valence-corrected chi connectivity index (χ2v) is 24.6. The number of ether oxygens (including phenoxy) is 1. The number of phenols is 1. The van der Waals surface area contributed by atoms with Crippen molar-refractivity contribution < 1.29 is 74.0 Å². The Kier molecular flexibility index (Phi) is 21.3. The van der Waals surface area contributed by atoms with E-state index < -0.39 is 152 Å². The fraction of sp³-hybridized carbons (Fsp3) is 0.550. The van der Waals surface area contributed by atoms with Crippen molar-refractivity contribution >= 4 is 58.4 Å². The second-order valence-electron chi connectivity index (χ2n) is 23.6. The number of hydrogen-bond donors (Lipinski definition) is 13. The molecular weight excluding hydrogens is 1160 g/mol. The normalized spacial score (nSPS) is 27.7. The molecule has 4 aromatic rings. The number of aromatic nitrogens is 2. The van der Waals surface area contributed by atoms with Crippen molar-refractivity contribution in [2.75, 3.05) is 64.4 Å². The minimum Gasteiger partial charge on any atom is -0.504 e. The molecule has 1 saturated carbocycles. The first kappa shape index (κ1) is 65.0. The van der Waals surface area contributed by atoms with E-state index in [4.69, 9.17) is 10.5 Å². The average Bonchev–Trinajstić information content (AvgIpc) is 2.95. The summed E-state index contributed by atoms with van der Waals surface area (Å²) >= 11 is 1.35.